The van der Waals surface area contributed by atoms with E-state index in [0.29, 0.717) is 22.6 Å². The fourth-order valence-electron chi connectivity index (χ4n) is 2.79. The molecule has 1 N–H and O–H groups in total. The number of rotatable bonds is 4. The highest BCUT2D eigenvalue weighted by atomic mass is 16.5. The van der Waals surface area contributed by atoms with E-state index in [1.165, 1.54) is 0 Å². The molecule has 6 nitrogen and oxygen atoms in total. The summed E-state index contributed by atoms with van der Waals surface area (Å²) >= 11 is 0. The highest BCUT2D eigenvalue weighted by molar-refractivity contribution is 6.05. The van der Waals surface area contributed by atoms with Gasteiger partial charge in [-0.2, -0.15) is 0 Å². The second-order valence-electron chi connectivity index (χ2n) is 6.42. The van der Waals surface area contributed by atoms with Crippen LogP contribution in [0, 0.1) is 13.8 Å². The lowest BCUT2D eigenvalue weighted by Crippen LogP contribution is -2.16. The summed E-state index contributed by atoms with van der Waals surface area (Å²) in [5.41, 5.74) is 3.78. The van der Waals surface area contributed by atoms with E-state index >= 15 is 0 Å². The highest BCUT2D eigenvalue weighted by Gasteiger charge is 2.18. The van der Waals surface area contributed by atoms with Crippen molar-refractivity contribution >= 4 is 23.2 Å². The highest BCUT2D eigenvalue weighted by Crippen LogP contribution is 2.18. The maximum atomic E-state index is 12.8. The first-order valence-electron chi connectivity index (χ1n) is 8.43. The van der Waals surface area contributed by atoms with Crippen molar-refractivity contribution < 1.29 is 14.3 Å². The SMILES string of the molecule is Cc1nc2c(C)cccn2c1C(=O)Nc1cccc(C(=O)OC(C)C)c1. The molecule has 2 aromatic heterocycles. The van der Waals surface area contributed by atoms with Crippen molar-refractivity contribution in [2.45, 2.75) is 33.8 Å². The van der Waals surface area contributed by atoms with Crippen LogP contribution in [0.15, 0.2) is 42.6 Å². The lowest BCUT2D eigenvalue weighted by molar-refractivity contribution is 0.0377. The van der Waals surface area contributed by atoms with Crippen molar-refractivity contribution in [1.29, 1.82) is 0 Å². The van der Waals surface area contributed by atoms with E-state index in [1.54, 1.807) is 49.4 Å². The minimum Gasteiger partial charge on any atom is -0.459 e. The van der Waals surface area contributed by atoms with Crippen molar-refractivity contribution in [2.24, 2.45) is 0 Å². The molecule has 0 spiro atoms. The molecule has 3 aromatic rings. The molecule has 0 saturated carbocycles. The lowest BCUT2D eigenvalue weighted by Gasteiger charge is -2.10. The van der Waals surface area contributed by atoms with Crippen LogP contribution in [0.3, 0.4) is 0 Å². The minimum absolute atomic E-state index is 0.204. The maximum Gasteiger partial charge on any atom is 0.338 e. The molecule has 0 aliphatic carbocycles. The normalized spacial score (nSPS) is 11.0. The van der Waals surface area contributed by atoms with Gasteiger partial charge in [0.15, 0.2) is 0 Å². The largest absolute Gasteiger partial charge is 0.459 e. The van der Waals surface area contributed by atoms with Gasteiger partial charge in [-0.1, -0.05) is 12.1 Å². The summed E-state index contributed by atoms with van der Waals surface area (Å²) in [6.45, 7) is 7.34. The van der Waals surface area contributed by atoms with Crippen LogP contribution in [0.5, 0.6) is 0 Å². The monoisotopic (exact) mass is 351 g/mol. The third-order valence-electron chi connectivity index (χ3n) is 3.93. The predicted octanol–water partition coefficient (Wildman–Crippen LogP) is 3.77. The number of esters is 1. The van der Waals surface area contributed by atoms with Crippen LogP contribution in [0.1, 0.15) is 46.0 Å². The summed E-state index contributed by atoms with van der Waals surface area (Å²) in [4.78, 5) is 29.3. The number of amides is 1. The Kier molecular flexibility index (Phi) is 4.75. The molecule has 1 amide bonds. The molecule has 0 saturated heterocycles. The van der Waals surface area contributed by atoms with Crippen molar-refractivity contribution in [3.8, 4) is 0 Å². The number of nitrogens with one attached hydrogen (secondary N) is 1. The number of ether oxygens (including phenoxy) is 1. The number of hydrogen-bond donors (Lipinski definition) is 1. The average molecular weight is 351 g/mol. The summed E-state index contributed by atoms with van der Waals surface area (Å²) < 4.78 is 6.97. The number of anilines is 1. The molecule has 26 heavy (non-hydrogen) atoms. The third-order valence-corrected chi connectivity index (χ3v) is 3.93. The molecule has 1 aromatic carbocycles. The number of pyridine rings is 1. The number of benzene rings is 1. The Labute approximate surface area is 151 Å². The van der Waals surface area contributed by atoms with Crippen LogP contribution in [-0.2, 0) is 4.74 Å². The number of hydrogen-bond acceptors (Lipinski definition) is 4. The fourth-order valence-corrected chi connectivity index (χ4v) is 2.79. The van der Waals surface area contributed by atoms with Gasteiger partial charge in [0.25, 0.3) is 5.91 Å². The van der Waals surface area contributed by atoms with Crippen LogP contribution in [0.2, 0.25) is 0 Å². The summed E-state index contributed by atoms with van der Waals surface area (Å²) in [5.74, 6) is -0.701. The number of nitrogens with zero attached hydrogens (tertiary/aromatic N) is 2. The Bertz CT molecular complexity index is 989. The van der Waals surface area contributed by atoms with Crippen LogP contribution in [0.4, 0.5) is 5.69 Å². The van der Waals surface area contributed by atoms with Crippen molar-refractivity contribution in [2.75, 3.05) is 5.32 Å². The van der Waals surface area contributed by atoms with Gasteiger partial charge in [-0.05, 0) is 57.5 Å². The first-order chi connectivity index (χ1) is 12.4. The molecular weight excluding hydrogens is 330 g/mol. The predicted molar refractivity (Wildman–Crippen MR) is 99.6 cm³/mol. The number of aryl methyl sites for hydroxylation is 2. The van der Waals surface area contributed by atoms with Crippen molar-refractivity contribution in [3.63, 3.8) is 0 Å². The van der Waals surface area contributed by atoms with E-state index in [1.807, 2.05) is 25.3 Å². The first kappa shape index (κ1) is 17.7. The standard InChI is InChI=1S/C20H21N3O3/c1-12(2)26-20(25)15-8-5-9-16(11-15)22-19(24)17-14(4)21-18-13(3)7-6-10-23(17)18/h5-12H,1-4H3,(H,22,24). The molecule has 0 bridgehead atoms. The molecule has 2 heterocycles. The topological polar surface area (TPSA) is 72.7 Å². The molecule has 3 rings (SSSR count). The van der Waals surface area contributed by atoms with Gasteiger partial charge >= 0.3 is 5.97 Å². The molecule has 0 atom stereocenters. The van der Waals surface area contributed by atoms with E-state index in [0.717, 1.165) is 11.2 Å². The zero-order valence-electron chi connectivity index (χ0n) is 15.2. The number of fused-ring (bicyclic) bond motifs is 1. The maximum absolute atomic E-state index is 12.8. The van der Waals surface area contributed by atoms with Gasteiger partial charge in [-0.3, -0.25) is 9.20 Å². The molecule has 6 heteroatoms. The lowest BCUT2D eigenvalue weighted by atomic mass is 10.2. The van der Waals surface area contributed by atoms with Gasteiger partial charge in [-0.15, -0.1) is 0 Å². The molecule has 134 valence electrons. The molecular formula is C20H21N3O3. The van der Waals surface area contributed by atoms with E-state index in [2.05, 4.69) is 10.3 Å². The van der Waals surface area contributed by atoms with Crippen molar-refractivity contribution in [1.82, 2.24) is 9.38 Å². The molecule has 0 fully saturated rings. The van der Waals surface area contributed by atoms with Crippen LogP contribution >= 0.6 is 0 Å². The van der Waals surface area contributed by atoms with Gasteiger partial charge in [0.2, 0.25) is 0 Å². The van der Waals surface area contributed by atoms with Gasteiger partial charge in [-0.25, -0.2) is 9.78 Å². The number of carbonyl (C=O) groups is 2. The van der Waals surface area contributed by atoms with Crippen molar-refractivity contribution in [3.05, 3.63) is 65.1 Å². The van der Waals surface area contributed by atoms with E-state index in [4.69, 9.17) is 4.74 Å². The average Bonchev–Trinajstić information content (AvgIpc) is 2.92. The Morgan fingerprint density at radius 1 is 1.15 bits per heavy atom. The zero-order valence-corrected chi connectivity index (χ0v) is 15.2. The van der Waals surface area contributed by atoms with Gasteiger partial charge in [0.05, 0.1) is 17.4 Å². The second-order valence-corrected chi connectivity index (χ2v) is 6.42. The number of carbonyl (C=O) groups excluding carboxylic acids is 2. The summed E-state index contributed by atoms with van der Waals surface area (Å²) in [6, 6.07) is 10.5. The molecule has 0 aliphatic rings. The third kappa shape index (κ3) is 3.44. The molecule has 0 aliphatic heterocycles. The summed E-state index contributed by atoms with van der Waals surface area (Å²) in [7, 11) is 0. The van der Waals surface area contributed by atoms with Crippen LogP contribution < -0.4 is 5.32 Å². The Morgan fingerprint density at radius 3 is 2.65 bits per heavy atom. The van der Waals surface area contributed by atoms with Gasteiger partial charge < -0.3 is 10.1 Å². The van der Waals surface area contributed by atoms with Gasteiger partial charge in [0.1, 0.15) is 11.3 Å². The van der Waals surface area contributed by atoms with Crippen LogP contribution in [0.25, 0.3) is 5.65 Å². The quantitative estimate of drug-likeness (QED) is 0.726. The first-order valence-corrected chi connectivity index (χ1v) is 8.43. The second kappa shape index (κ2) is 7.00. The van der Waals surface area contributed by atoms with E-state index < -0.39 is 5.97 Å². The summed E-state index contributed by atoms with van der Waals surface area (Å²) in [5, 5.41) is 2.84. The number of aromatic nitrogens is 2. The summed E-state index contributed by atoms with van der Waals surface area (Å²) in [6.07, 6.45) is 1.61. The Balaban J connectivity index is 1.88. The minimum atomic E-state index is -0.419. The van der Waals surface area contributed by atoms with Gasteiger partial charge in [0, 0.05) is 11.9 Å². The fraction of sp³-hybridized carbons (Fsp3) is 0.250. The molecule has 0 unspecified atom stereocenters. The molecule has 0 radical (unpaired) electrons. The Morgan fingerprint density at radius 2 is 1.92 bits per heavy atom. The number of imidazole rings is 1. The Hall–Kier alpha value is -3.15. The zero-order chi connectivity index (χ0) is 18.8. The van der Waals surface area contributed by atoms with Crippen LogP contribution in [-0.4, -0.2) is 27.4 Å². The smallest absolute Gasteiger partial charge is 0.338 e. The van der Waals surface area contributed by atoms with E-state index in [9.17, 15) is 9.59 Å². The van der Waals surface area contributed by atoms with E-state index in [-0.39, 0.29) is 12.0 Å².